The van der Waals surface area contributed by atoms with Gasteiger partial charge in [-0.15, -0.1) is 0 Å². The largest absolute Gasteiger partial charge is 0.423 e. The number of carbonyl (C=O) groups is 1. The van der Waals surface area contributed by atoms with E-state index < -0.39 is 16.0 Å². The molecule has 0 aromatic heterocycles. The number of hydrogen-bond acceptors (Lipinski definition) is 5. The van der Waals surface area contributed by atoms with Gasteiger partial charge < -0.3 is 9.47 Å². The summed E-state index contributed by atoms with van der Waals surface area (Å²) in [4.78, 5) is 12.4. The molecule has 1 aliphatic heterocycles. The minimum Gasteiger partial charge on any atom is -0.423 e. The Kier molecular flexibility index (Phi) is 5.53. The zero-order chi connectivity index (χ0) is 17.9. The lowest BCUT2D eigenvalue weighted by Gasteiger charge is -2.26. The summed E-state index contributed by atoms with van der Waals surface area (Å²) >= 11 is 3.26. The minimum absolute atomic E-state index is 0.0388. The summed E-state index contributed by atoms with van der Waals surface area (Å²) < 4.78 is 37.9. The summed E-state index contributed by atoms with van der Waals surface area (Å²) in [5.74, 6) is -0.217. The first-order valence-electron chi connectivity index (χ1n) is 7.63. The first-order valence-corrected chi connectivity index (χ1v) is 9.86. The van der Waals surface area contributed by atoms with E-state index in [1.165, 1.54) is 22.5 Å². The fourth-order valence-electron chi connectivity index (χ4n) is 2.41. The van der Waals surface area contributed by atoms with Crippen LogP contribution in [0.4, 0.5) is 0 Å². The first kappa shape index (κ1) is 18.1. The van der Waals surface area contributed by atoms with Crippen molar-refractivity contribution in [3.8, 4) is 5.75 Å². The van der Waals surface area contributed by atoms with Crippen LogP contribution in [0.25, 0.3) is 0 Å². The van der Waals surface area contributed by atoms with Gasteiger partial charge in [-0.05, 0) is 46.3 Å². The van der Waals surface area contributed by atoms with Crippen molar-refractivity contribution in [3.63, 3.8) is 0 Å². The molecule has 6 nitrogen and oxygen atoms in total. The number of para-hydroxylation sites is 1. The summed E-state index contributed by atoms with van der Waals surface area (Å²) in [6.45, 7) is 1.28. The van der Waals surface area contributed by atoms with Crippen LogP contribution < -0.4 is 4.74 Å². The van der Waals surface area contributed by atoms with E-state index >= 15 is 0 Å². The molecule has 1 fully saturated rings. The van der Waals surface area contributed by atoms with Crippen molar-refractivity contribution < 1.29 is 22.7 Å². The molecule has 2 aromatic rings. The van der Waals surface area contributed by atoms with Crippen LogP contribution in [0.5, 0.6) is 5.75 Å². The lowest BCUT2D eigenvalue weighted by atomic mass is 10.2. The van der Waals surface area contributed by atoms with Crippen molar-refractivity contribution in [2.75, 3.05) is 26.3 Å². The average molecular weight is 426 g/mol. The monoisotopic (exact) mass is 425 g/mol. The Balaban J connectivity index is 1.88. The van der Waals surface area contributed by atoms with Crippen molar-refractivity contribution >= 4 is 31.9 Å². The highest BCUT2D eigenvalue weighted by Crippen LogP contribution is 2.27. The molecule has 0 saturated carbocycles. The van der Waals surface area contributed by atoms with E-state index in [4.69, 9.17) is 9.47 Å². The van der Waals surface area contributed by atoms with Crippen LogP contribution >= 0.6 is 15.9 Å². The second kappa shape index (κ2) is 7.65. The molecule has 0 radical (unpaired) electrons. The number of rotatable bonds is 4. The van der Waals surface area contributed by atoms with Crippen LogP contribution in [0.15, 0.2) is 57.9 Å². The molecule has 0 amide bonds. The van der Waals surface area contributed by atoms with Crippen molar-refractivity contribution in [2.24, 2.45) is 0 Å². The van der Waals surface area contributed by atoms with E-state index in [2.05, 4.69) is 15.9 Å². The van der Waals surface area contributed by atoms with Gasteiger partial charge in [0.25, 0.3) is 0 Å². The lowest BCUT2D eigenvalue weighted by Crippen LogP contribution is -2.40. The number of halogens is 1. The molecule has 1 heterocycles. The second-order valence-electron chi connectivity index (χ2n) is 5.36. The Morgan fingerprint density at radius 1 is 1.08 bits per heavy atom. The van der Waals surface area contributed by atoms with Gasteiger partial charge in [0.2, 0.25) is 10.0 Å². The number of carbonyl (C=O) groups excluding carboxylic acids is 1. The van der Waals surface area contributed by atoms with Crippen LogP contribution in [0.2, 0.25) is 0 Å². The minimum atomic E-state index is -3.72. The number of morpholine rings is 1. The molecule has 0 N–H and O–H groups in total. The number of nitrogens with zero attached hydrogens (tertiary/aromatic N) is 1. The summed E-state index contributed by atoms with van der Waals surface area (Å²) in [5, 5.41) is 0. The van der Waals surface area contributed by atoms with Gasteiger partial charge in [0.15, 0.2) is 0 Å². The Bertz CT molecular complexity index is 864. The van der Waals surface area contributed by atoms with E-state index in [0.29, 0.717) is 23.4 Å². The quantitative estimate of drug-likeness (QED) is 0.556. The van der Waals surface area contributed by atoms with Gasteiger partial charge in [-0.1, -0.05) is 18.2 Å². The van der Waals surface area contributed by atoms with Crippen molar-refractivity contribution in [1.82, 2.24) is 4.31 Å². The van der Waals surface area contributed by atoms with Gasteiger partial charge in [0.1, 0.15) is 5.75 Å². The number of hydrogen-bond donors (Lipinski definition) is 0. The molecule has 2 aromatic carbocycles. The van der Waals surface area contributed by atoms with E-state index in [-0.39, 0.29) is 23.5 Å². The molecular formula is C17H16BrNO5S. The molecule has 132 valence electrons. The van der Waals surface area contributed by atoms with Crippen molar-refractivity contribution in [2.45, 2.75) is 4.90 Å². The number of benzene rings is 2. The third-order valence-corrected chi connectivity index (χ3v) is 6.60. The van der Waals surface area contributed by atoms with Crippen LogP contribution in [0.3, 0.4) is 0 Å². The maximum absolute atomic E-state index is 12.8. The third-order valence-electron chi connectivity index (χ3n) is 3.71. The maximum Gasteiger partial charge on any atom is 0.343 e. The molecular weight excluding hydrogens is 410 g/mol. The van der Waals surface area contributed by atoms with Gasteiger partial charge in [-0.25, -0.2) is 13.2 Å². The predicted molar refractivity (Wildman–Crippen MR) is 95.1 cm³/mol. The molecule has 0 atom stereocenters. The van der Waals surface area contributed by atoms with Crippen LogP contribution in [-0.2, 0) is 14.8 Å². The summed E-state index contributed by atoms with van der Waals surface area (Å²) in [6, 6.07) is 13.0. The van der Waals surface area contributed by atoms with Crippen LogP contribution in [-0.4, -0.2) is 45.0 Å². The Hall–Kier alpha value is -1.74. The fraction of sp³-hybridized carbons (Fsp3) is 0.235. The van der Waals surface area contributed by atoms with Gasteiger partial charge in [-0.3, -0.25) is 0 Å². The third kappa shape index (κ3) is 4.09. The SMILES string of the molecule is O=C(Oc1ccccc1)c1ccc(Br)c(S(=O)(=O)N2CCOCC2)c1. The predicted octanol–water partition coefficient (Wildman–Crippen LogP) is 2.69. The van der Waals surface area contributed by atoms with Gasteiger partial charge in [-0.2, -0.15) is 4.31 Å². The highest BCUT2D eigenvalue weighted by atomic mass is 79.9. The van der Waals surface area contributed by atoms with Gasteiger partial charge in [0.05, 0.1) is 23.7 Å². The van der Waals surface area contributed by atoms with E-state index in [1.807, 2.05) is 6.07 Å². The Morgan fingerprint density at radius 3 is 2.44 bits per heavy atom. The molecule has 8 heteroatoms. The van der Waals surface area contributed by atoms with Crippen molar-refractivity contribution in [1.29, 1.82) is 0 Å². The van der Waals surface area contributed by atoms with Gasteiger partial charge >= 0.3 is 5.97 Å². The summed E-state index contributed by atoms with van der Waals surface area (Å²) in [5.41, 5.74) is 0.166. The number of ether oxygens (including phenoxy) is 2. The normalized spacial score (nSPS) is 15.7. The summed E-state index contributed by atoms with van der Waals surface area (Å²) in [6.07, 6.45) is 0. The summed E-state index contributed by atoms with van der Waals surface area (Å²) in [7, 11) is -3.72. The second-order valence-corrected chi connectivity index (χ2v) is 8.12. The Morgan fingerprint density at radius 2 is 1.76 bits per heavy atom. The van der Waals surface area contributed by atoms with Crippen LogP contribution in [0, 0.1) is 0 Å². The Labute approximate surface area is 154 Å². The molecule has 1 aliphatic rings. The van der Waals surface area contributed by atoms with E-state index in [9.17, 15) is 13.2 Å². The molecule has 1 saturated heterocycles. The highest BCUT2D eigenvalue weighted by molar-refractivity contribution is 9.10. The number of esters is 1. The highest BCUT2D eigenvalue weighted by Gasteiger charge is 2.29. The first-order chi connectivity index (χ1) is 12.0. The van der Waals surface area contributed by atoms with E-state index in [0.717, 1.165) is 0 Å². The van der Waals surface area contributed by atoms with Crippen LogP contribution in [0.1, 0.15) is 10.4 Å². The topological polar surface area (TPSA) is 72.9 Å². The lowest BCUT2D eigenvalue weighted by molar-refractivity contribution is 0.0727. The fourth-order valence-corrected chi connectivity index (χ4v) is 4.77. The maximum atomic E-state index is 12.8. The molecule has 25 heavy (non-hydrogen) atoms. The number of sulfonamides is 1. The smallest absolute Gasteiger partial charge is 0.343 e. The molecule has 3 rings (SSSR count). The van der Waals surface area contributed by atoms with E-state index in [1.54, 1.807) is 24.3 Å². The molecule has 0 unspecified atom stereocenters. The molecule has 0 spiro atoms. The van der Waals surface area contributed by atoms with Crippen molar-refractivity contribution in [3.05, 3.63) is 58.6 Å². The average Bonchev–Trinajstić information content (AvgIpc) is 2.63. The zero-order valence-electron chi connectivity index (χ0n) is 13.2. The van der Waals surface area contributed by atoms with Gasteiger partial charge in [0, 0.05) is 17.6 Å². The molecule has 0 aliphatic carbocycles. The zero-order valence-corrected chi connectivity index (χ0v) is 15.6. The molecule has 0 bridgehead atoms. The standard InChI is InChI=1S/C17H16BrNO5S/c18-15-7-6-13(17(20)24-14-4-2-1-3-5-14)12-16(15)25(21,22)19-8-10-23-11-9-19/h1-7,12H,8-11H2.